The summed E-state index contributed by atoms with van der Waals surface area (Å²) in [5.41, 5.74) is 0.850. The summed E-state index contributed by atoms with van der Waals surface area (Å²) in [7, 11) is 1.62. The molecule has 18 heavy (non-hydrogen) atoms. The molecule has 0 saturated heterocycles. The number of hydrogen-bond acceptors (Lipinski definition) is 4. The first-order valence-corrected chi connectivity index (χ1v) is 6.62. The van der Waals surface area contributed by atoms with Gasteiger partial charge in [0.1, 0.15) is 11.5 Å². The molecular formula is C14H17NO2S. The van der Waals surface area contributed by atoms with E-state index in [1.54, 1.807) is 30.6 Å². The lowest BCUT2D eigenvalue weighted by Gasteiger charge is -2.08. The molecule has 0 fully saturated rings. The zero-order valence-electron chi connectivity index (χ0n) is 10.6. The molecule has 0 aliphatic rings. The first-order valence-electron chi connectivity index (χ1n) is 5.81. The van der Waals surface area contributed by atoms with Gasteiger partial charge in [0.15, 0.2) is 0 Å². The predicted octanol–water partition coefficient (Wildman–Crippen LogP) is 3.06. The lowest BCUT2D eigenvalue weighted by atomic mass is 10.2. The van der Waals surface area contributed by atoms with Crippen molar-refractivity contribution >= 4 is 11.3 Å². The zero-order chi connectivity index (χ0) is 13.0. The molecule has 0 bridgehead atoms. The van der Waals surface area contributed by atoms with Crippen molar-refractivity contribution in [2.75, 3.05) is 7.11 Å². The normalized spacial score (nSPS) is 10.6. The Morgan fingerprint density at radius 2 is 2.06 bits per heavy atom. The molecule has 2 aromatic rings. The van der Waals surface area contributed by atoms with Crippen molar-refractivity contribution in [3.63, 3.8) is 0 Å². The van der Waals surface area contributed by atoms with Crippen molar-refractivity contribution in [2.45, 2.75) is 20.0 Å². The van der Waals surface area contributed by atoms with Crippen molar-refractivity contribution in [3.8, 4) is 11.5 Å². The molecule has 1 aromatic heterocycles. The summed E-state index contributed by atoms with van der Waals surface area (Å²) < 4.78 is 5.14. The van der Waals surface area contributed by atoms with Gasteiger partial charge in [-0.1, -0.05) is 0 Å². The molecule has 4 heteroatoms. The van der Waals surface area contributed by atoms with Crippen LogP contribution >= 0.6 is 11.3 Å². The molecule has 96 valence electrons. The zero-order valence-corrected chi connectivity index (χ0v) is 11.4. The Bertz CT molecular complexity index is 522. The van der Waals surface area contributed by atoms with Gasteiger partial charge in [-0.05, 0) is 37.3 Å². The Morgan fingerprint density at radius 3 is 2.72 bits per heavy atom. The molecule has 0 unspecified atom stereocenters. The fourth-order valence-corrected chi connectivity index (χ4v) is 2.59. The van der Waals surface area contributed by atoms with Crippen LogP contribution in [0.5, 0.6) is 11.5 Å². The van der Waals surface area contributed by atoms with Crippen molar-refractivity contribution in [3.05, 3.63) is 45.6 Å². The summed E-state index contributed by atoms with van der Waals surface area (Å²) in [4.78, 5) is 2.62. The smallest absolute Gasteiger partial charge is 0.120 e. The standard InChI is InChI=1S/C14H17NO2S/c1-10-3-5-13(18-10)9-15-8-11-7-12(17-2)4-6-14(11)16/h3-7,15-16H,8-9H2,1-2H3. The number of methoxy groups -OCH3 is 1. The quantitative estimate of drug-likeness (QED) is 0.871. The van der Waals surface area contributed by atoms with Gasteiger partial charge in [0.2, 0.25) is 0 Å². The van der Waals surface area contributed by atoms with E-state index in [0.717, 1.165) is 17.9 Å². The molecule has 3 nitrogen and oxygen atoms in total. The van der Waals surface area contributed by atoms with Gasteiger partial charge < -0.3 is 15.2 Å². The number of benzene rings is 1. The summed E-state index contributed by atoms with van der Waals surface area (Å²) in [5, 5.41) is 13.1. The van der Waals surface area contributed by atoms with E-state index in [1.807, 2.05) is 6.07 Å². The lowest BCUT2D eigenvalue weighted by molar-refractivity contribution is 0.410. The van der Waals surface area contributed by atoms with Gasteiger partial charge in [-0.25, -0.2) is 0 Å². The van der Waals surface area contributed by atoms with Gasteiger partial charge in [0.05, 0.1) is 7.11 Å². The van der Waals surface area contributed by atoms with Crippen molar-refractivity contribution in [1.82, 2.24) is 5.32 Å². The fourth-order valence-electron chi connectivity index (χ4n) is 1.73. The average Bonchev–Trinajstić information content (AvgIpc) is 2.77. The minimum Gasteiger partial charge on any atom is -0.508 e. The molecule has 2 rings (SSSR count). The highest BCUT2D eigenvalue weighted by molar-refractivity contribution is 7.11. The van der Waals surface area contributed by atoms with Crippen molar-refractivity contribution < 1.29 is 9.84 Å². The van der Waals surface area contributed by atoms with Gasteiger partial charge in [-0.15, -0.1) is 11.3 Å². The molecule has 0 atom stereocenters. The highest BCUT2D eigenvalue weighted by Crippen LogP contribution is 2.23. The Morgan fingerprint density at radius 1 is 1.22 bits per heavy atom. The highest BCUT2D eigenvalue weighted by atomic mass is 32.1. The van der Waals surface area contributed by atoms with Crippen LogP contribution in [0.15, 0.2) is 30.3 Å². The molecule has 0 spiro atoms. The van der Waals surface area contributed by atoms with E-state index in [1.165, 1.54) is 9.75 Å². The third-order valence-electron chi connectivity index (χ3n) is 2.70. The van der Waals surface area contributed by atoms with E-state index < -0.39 is 0 Å². The van der Waals surface area contributed by atoms with Crippen LogP contribution in [0.1, 0.15) is 15.3 Å². The van der Waals surface area contributed by atoms with Crippen LogP contribution in [0.3, 0.4) is 0 Å². The molecule has 1 aromatic carbocycles. The van der Waals surface area contributed by atoms with Crippen LogP contribution in [-0.4, -0.2) is 12.2 Å². The summed E-state index contributed by atoms with van der Waals surface area (Å²) in [6.07, 6.45) is 0. The van der Waals surface area contributed by atoms with E-state index >= 15 is 0 Å². The third kappa shape index (κ3) is 3.24. The number of aromatic hydroxyl groups is 1. The summed E-state index contributed by atoms with van der Waals surface area (Å²) in [5.74, 6) is 1.06. The van der Waals surface area contributed by atoms with Crippen molar-refractivity contribution in [1.29, 1.82) is 0 Å². The van der Waals surface area contributed by atoms with E-state index in [9.17, 15) is 5.11 Å². The average molecular weight is 263 g/mol. The molecule has 1 heterocycles. The number of phenolic OH excluding ortho intramolecular Hbond substituents is 1. The van der Waals surface area contributed by atoms with E-state index in [0.29, 0.717) is 12.3 Å². The van der Waals surface area contributed by atoms with Crippen LogP contribution in [0.2, 0.25) is 0 Å². The topological polar surface area (TPSA) is 41.5 Å². The van der Waals surface area contributed by atoms with E-state index in [2.05, 4.69) is 24.4 Å². The fraction of sp³-hybridized carbons (Fsp3) is 0.286. The maximum Gasteiger partial charge on any atom is 0.120 e. The summed E-state index contributed by atoms with van der Waals surface area (Å²) in [6, 6.07) is 9.50. The molecule has 2 N–H and O–H groups in total. The predicted molar refractivity (Wildman–Crippen MR) is 74.3 cm³/mol. The van der Waals surface area contributed by atoms with Crippen LogP contribution in [0.25, 0.3) is 0 Å². The molecule has 0 radical (unpaired) electrons. The molecular weight excluding hydrogens is 246 g/mol. The Balaban J connectivity index is 1.93. The SMILES string of the molecule is COc1ccc(O)c(CNCc2ccc(C)s2)c1. The Kier molecular flexibility index (Phi) is 4.23. The van der Waals surface area contributed by atoms with Gasteiger partial charge in [-0.3, -0.25) is 0 Å². The second-order valence-corrected chi connectivity index (χ2v) is 5.48. The molecule has 0 aliphatic heterocycles. The molecule has 0 aliphatic carbocycles. The molecule has 0 saturated carbocycles. The number of nitrogens with one attached hydrogen (secondary N) is 1. The van der Waals surface area contributed by atoms with Gasteiger partial charge in [-0.2, -0.15) is 0 Å². The lowest BCUT2D eigenvalue weighted by Crippen LogP contribution is -2.11. The second-order valence-electron chi connectivity index (χ2n) is 4.11. The number of ether oxygens (including phenoxy) is 1. The minimum atomic E-state index is 0.297. The van der Waals surface area contributed by atoms with Crippen molar-refractivity contribution in [2.24, 2.45) is 0 Å². The summed E-state index contributed by atoms with van der Waals surface area (Å²) >= 11 is 1.79. The van der Waals surface area contributed by atoms with Crippen LogP contribution in [0.4, 0.5) is 0 Å². The number of rotatable bonds is 5. The van der Waals surface area contributed by atoms with Gasteiger partial charge >= 0.3 is 0 Å². The van der Waals surface area contributed by atoms with Crippen LogP contribution in [0, 0.1) is 6.92 Å². The monoisotopic (exact) mass is 263 g/mol. The number of phenols is 1. The van der Waals surface area contributed by atoms with E-state index in [4.69, 9.17) is 4.74 Å². The largest absolute Gasteiger partial charge is 0.508 e. The molecule has 0 amide bonds. The first-order chi connectivity index (χ1) is 8.69. The Hall–Kier alpha value is -1.52. The second kappa shape index (κ2) is 5.89. The minimum absolute atomic E-state index is 0.297. The maximum atomic E-state index is 9.74. The third-order valence-corrected chi connectivity index (χ3v) is 3.70. The van der Waals surface area contributed by atoms with Gasteiger partial charge in [0.25, 0.3) is 0 Å². The van der Waals surface area contributed by atoms with Gasteiger partial charge in [0, 0.05) is 28.4 Å². The van der Waals surface area contributed by atoms with E-state index in [-0.39, 0.29) is 0 Å². The van der Waals surface area contributed by atoms with Crippen LogP contribution < -0.4 is 10.1 Å². The first kappa shape index (κ1) is 12.9. The number of thiophene rings is 1. The number of aryl methyl sites for hydroxylation is 1. The highest BCUT2D eigenvalue weighted by Gasteiger charge is 2.03. The maximum absolute atomic E-state index is 9.74. The Labute approximate surface area is 111 Å². The van der Waals surface area contributed by atoms with Crippen LogP contribution in [-0.2, 0) is 13.1 Å². The number of hydrogen-bond donors (Lipinski definition) is 2. The summed E-state index contributed by atoms with van der Waals surface area (Å²) in [6.45, 7) is 3.54.